The molecule has 0 aliphatic heterocycles. The van der Waals surface area contributed by atoms with Crippen LogP contribution in [0, 0.1) is 41.5 Å². The van der Waals surface area contributed by atoms with Gasteiger partial charge in [0, 0.05) is 17.1 Å². The summed E-state index contributed by atoms with van der Waals surface area (Å²) in [5.74, 6) is 0. The maximum absolute atomic E-state index is 2.44. The fourth-order valence-corrected chi connectivity index (χ4v) is 8.45. The monoisotopic (exact) mass is 657 g/mol. The first-order chi connectivity index (χ1) is 24.8. The number of anilines is 3. The first kappa shape index (κ1) is 32.3. The zero-order valence-corrected chi connectivity index (χ0v) is 30.4. The second kappa shape index (κ2) is 13.1. The molecule has 0 aliphatic rings. The molecule has 0 amide bonds. The molecule has 0 unspecified atom stereocenters. The number of fused-ring (bicyclic) bond motifs is 2. The van der Waals surface area contributed by atoms with Gasteiger partial charge in [-0.1, -0.05) is 120 Å². The third kappa shape index (κ3) is 5.79. The van der Waals surface area contributed by atoms with E-state index in [9.17, 15) is 0 Å². The van der Waals surface area contributed by atoms with Crippen molar-refractivity contribution in [3.63, 3.8) is 0 Å². The van der Waals surface area contributed by atoms with E-state index in [1.165, 1.54) is 88.3 Å². The summed E-state index contributed by atoms with van der Waals surface area (Å²) in [6.45, 7) is 13.5. The van der Waals surface area contributed by atoms with Crippen LogP contribution in [0.15, 0.2) is 152 Å². The van der Waals surface area contributed by atoms with Crippen molar-refractivity contribution in [3.05, 3.63) is 185 Å². The predicted octanol–water partition coefficient (Wildman–Crippen LogP) is 14.3. The minimum atomic E-state index is 1.13. The van der Waals surface area contributed by atoms with Crippen molar-refractivity contribution in [3.8, 4) is 33.4 Å². The van der Waals surface area contributed by atoms with Crippen LogP contribution in [0.5, 0.6) is 0 Å². The Kier molecular flexibility index (Phi) is 8.28. The molecule has 0 atom stereocenters. The first-order valence-electron chi connectivity index (χ1n) is 17.9. The van der Waals surface area contributed by atoms with Crippen LogP contribution in [-0.2, 0) is 0 Å². The third-order valence-corrected chi connectivity index (χ3v) is 10.4. The molecule has 0 spiro atoms. The molecular formula is C50H43N. The minimum Gasteiger partial charge on any atom is -0.311 e. The zero-order valence-electron chi connectivity index (χ0n) is 30.4. The van der Waals surface area contributed by atoms with E-state index in [4.69, 9.17) is 0 Å². The highest BCUT2D eigenvalue weighted by Gasteiger charge is 2.22. The van der Waals surface area contributed by atoms with Crippen molar-refractivity contribution in [1.29, 1.82) is 0 Å². The number of benzene rings is 8. The van der Waals surface area contributed by atoms with Gasteiger partial charge in [0.1, 0.15) is 0 Å². The van der Waals surface area contributed by atoms with Gasteiger partial charge in [0.05, 0.1) is 0 Å². The van der Waals surface area contributed by atoms with E-state index in [0.717, 1.165) is 17.1 Å². The van der Waals surface area contributed by atoms with E-state index in [-0.39, 0.29) is 0 Å². The Hall–Kier alpha value is -5.92. The van der Waals surface area contributed by atoms with Crippen molar-refractivity contribution >= 4 is 38.6 Å². The molecule has 0 aromatic heterocycles. The van der Waals surface area contributed by atoms with E-state index in [2.05, 4.69) is 198 Å². The Bertz CT molecular complexity index is 2470. The van der Waals surface area contributed by atoms with Crippen LogP contribution in [-0.4, -0.2) is 0 Å². The molecular weight excluding hydrogens is 615 g/mol. The van der Waals surface area contributed by atoms with E-state index in [1.807, 2.05) is 0 Å². The predicted molar refractivity (Wildman–Crippen MR) is 221 cm³/mol. The summed E-state index contributed by atoms with van der Waals surface area (Å²) >= 11 is 0. The Morgan fingerprint density at radius 3 is 1.14 bits per heavy atom. The van der Waals surface area contributed by atoms with Crippen LogP contribution < -0.4 is 4.90 Å². The van der Waals surface area contributed by atoms with Gasteiger partial charge in [-0.15, -0.1) is 0 Å². The lowest BCUT2D eigenvalue weighted by atomic mass is 9.80. The summed E-state index contributed by atoms with van der Waals surface area (Å²) in [4.78, 5) is 2.32. The van der Waals surface area contributed by atoms with Gasteiger partial charge in [-0.2, -0.15) is 0 Å². The average Bonchev–Trinajstić information content (AvgIpc) is 3.12. The van der Waals surface area contributed by atoms with Crippen molar-refractivity contribution in [2.75, 3.05) is 4.90 Å². The fourth-order valence-electron chi connectivity index (χ4n) is 8.45. The van der Waals surface area contributed by atoms with Crippen LogP contribution in [0.3, 0.4) is 0 Å². The summed E-state index contributed by atoms with van der Waals surface area (Å²) in [7, 11) is 0. The first-order valence-corrected chi connectivity index (χ1v) is 17.9. The topological polar surface area (TPSA) is 3.24 Å². The molecule has 0 saturated heterocycles. The summed E-state index contributed by atoms with van der Waals surface area (Å²) in [5.41, 5.74) is 19.0. The maximum atomic E-state index is 2.44. The normalized spacial score (nSPS) is 11.3. The average molecular weight is 658 g/mol. The Morgan fingerprint density at radius 1 is 0.294 bits per heavy atom. The maximum Gasteiger partial charge on any atom is 0.0462 e. The molecule has 0 fully saturated rings. The highest BCUT2D eigenvalue weighted by molar-refractivity contribution is 6.23. The van der Waals surface area contributed by atoms with Crippen LogP contribution in [0.25, 0.3) is 54.9 Å². The second-order valence-electron chi connectivity index (χ2n) is 14.2. The number of nitrogens with zero attached hydrogens (tertiary/aromatic N) is 1. The number of hydrogen-bond donors (Lipinski definition) is 0. The van der Waals surface area contributed by atoms with E-state index in [1.54, 1.807) is 0 Å². The van der Waals surface area contributed by atoms with E-state index in [0.29, 0.717) is 0 Å². The number of aryl methyl sites for hydroxylation is 6. The van der Waals surface area contributed by atoms with Crippen LogP contribution in [0.4, 0.5) is 17.1 Å². The second-order valence-corrected chi connectivity index (χ2v) is 14.2. The molecule has 8 aromatic rings. The quantitative estimate of drug-likeness (QED) is 0.161. The highest BCUT2D eigenvalue weighted by Crippen LogP contribution is 2.48. The molecule has 1 heteroatoms. The molecule has 248 valence electrons. The van der Waals surface area contributed by atoms with Crippen molar-refractivity contribution in [1.82, 2.24) is 0 Å². The molecule has 0 saturated carbocycles. The Morgan fingerprint density at radius 2 is 0.667 bits per heavy atom. The fraction of sp³-hybridized carbons (Fsp3) is 0.120. The number of para-hydroxylation sites is 2. The van der Waals surface area contributed by atoms with Crippen molar-refractivity contribution < 1.29 is 0 Å². The molecule has 0 aliphatic carbocycles. The minimum absolute atomic E-state index is 1.13. The van der Waals surface area contributed by atoms with Gasteiger partial charge in [0.25, 0.3) is 0 Å². The molecule has 0 heterocycles. The molecule has 0 bridgehead atoms. The highest BCUT2D eigenvalue weighted by atomic mass is 15.1. The molecule has 8 aromatic carbocycles. The van der Waals surface area contributed by atoms with Gasteiger partial charge in [0.2, 0.25) is 0 Å². The molecule has 1 nitrogen and oxygen atoms in total. The summed E-state index contributed by atoms with van der Waals surface area (Å²) < 4.78 is 0. The van der Waals surface area contributed by atoms with Crippen LogP contribution >= 0.6 is 0 Å². The summed E-state index contributed by atoms with van der Waals surface area (Å²) in [6.07, 6.45) is 0. The van der Waals surface area contributed by atoms with Crippen molar-refractivity contribution in [2.45, 2.75) is 41.5 Å². The van der Waals surface area contributed by atoms with Gasteiger partial charge in [0.15, 0.2) is 0 Å². The largest absolute Gasteiger partial charge is 0.311 e. The summed E-state index contributed by atoms with van der Waals surface area (Å²) in [6, 6.07) is 55.7. The van der Waals surface area contributed by atoms with Gasteiger partial charge in [-0.3, -0.25) is 0 Å². The standard InChI is InChI=1S/C50H43N/c1-32-27-34(3)47(35(4)28-32)49-43-19-13-14-20-44(43)50(48-36(5)29-33(2)30-37(48)6)46-31-39(23-26-45(46)49)38-21-24-42(25-22-38)51(40-15-9-7-10-16-40)41-17-11-8-12-18-41/h7-31H,1-6H3. The lowest BCUT2D eigenvalue weighted by Crippen LogP contribution is -2.09. The smallest absolute Gasteiger partial charge is 0.0462 e. The molecule has 0 radical (unpaired) electrons. The van der Waals surface area contributed by atoms with Gasteiger partial charge >= 0.3 is 0 Å². The lowest BCUT2D eigenvalue weighted by molar-refractivity contribution is 1.28. The number of rotatable bonds is 6. The SMILES string of the molecule is Cc1cc(C)c(-c2c3ccccc3c(-c3c(C)cc(C)cc3C)c3cc(-c4ccc(N(c5ccccc5)c5ccccc5)cc4)ccc23)c(C)c1. The van der Waals surface area contributed by atoms with E-state index < -0.39 is 0 Å². The van der Waals surface area contributed by atoms with Crippen molar-refractivity contribution in [2.24, 2.45) is 0 Å². The van der Waals surface area contributed by atoms with Gasteiger partial charge in [-0.25, -0.2) is 0 Å². The summed E-state index contributed by atoms with van der Waals surface area (Å²) in [5, 5.41) is 5.17. The molecule has 0 N–H and O–H groups in total. The van der Waals surface area contributed by atoms with Gasteiger partial charge in [-0.05, 0) is 161 Å². The van der Waals surface area contributed by atoms with Crippen LogP contribution in [0.1, 0.15) is 33.4 Å². The number of hydrogen-bond acceptors (Lipinski definition) is 1. The van der Waals surface area contributed by atoms with E-state index >= 15 is 0 Å². The molecule has 51 heavy (non-hydrogen) atoms. The van der Waals surface area contributed by atoms with Crippen LogP contribution in [0.2, 0.25) is 0 Å². The third-order valence-electron chi connectivity index (χ3n) is 10.4. The lowest BCUT2D eigenvalue weighted by Gasteiger charge is -2.25. The zero-order chi connectivity index (χ0) is 35.2. The molecule has 8 rings (SSSR count). The van der Waals surface area contributed by atoms with Gasteiger partial charge < -0.3 is 4.90 Å². The Balaban J connectivity index is 1.38. The Labute approximate surface area is 302 Å².